The van der Waals surface area contributed by atoms with Crippen LogP contribution in [-0.4, -0.2) is 36.8 Å². The van der Waals surface area contributed by atoms with Gasteiger partial charge < -0.3 is 23.7 Å². The van der Waals surface area contributed by atoms with Crippen LogP contribution < -0.4 is 14.8 Å². The molecule has 4 rings (SSSR count). The highest BCUT2D eigenvalue weighted by molar-refractivity contribution is 5.90. The van der Waals surface area contributed by atoms with Gasteiger partial charge in [-0.15, -0.1) is 0 Å². The number of nitrogens with one attached hydrogen (secondary N) is 1. The number of para-hydroxylation sites is 1. The Hall–Kier alpha value is -3.81. The number of hydrogen-bond donors (Lipinski definition) is 1. The fraction of sp³-hybridized carbons (Fsp3) is 0.227. The molecule has 2 aromatic heterocycles. The van der Waals surface area contributed by atoms with Crippen molar-refractivity contribution in [3.05, 3.63) is 59.5 Å². The van der Waals surface area contributed by atoms with E-state index in [-0.39, 0.29) is 11.7 Å². The number of rotatable bonds is 7. The standard InChI is InChI=1S/C22H21N3O5/c1-13-15-6-4-5-7-16(15)29-19(13)20-24-22(30-25-20)21(26)23-11-10-14-8-9-17(27-2)18(12-14)28-3/h4-9,12H,10-11H2,1-3H3,(H,23,26). The Labute approximate surface area is 172 Å². The number of hydrogen-bond acceptors (Lipinski definition) is 7. The Bertz CT molecular complexity index is 1190. The minimum atomic E-state index is -0.442. The molecule has 2 aromatic carbocycles. The normalized spacial score (nSPS) is 10.9. The molecule has 8 nitrogen and oxygen atoms in total. The first-order valence-corrected chi connectivity index (χ1v) is 9.42. The molecule has 0 aliphatic rings. The third-order valence-electron chi connectivity index (χ3n) is 4.81. The molecule has 30 heavy (non-hydrogen) atoms. The quantitative estimate of drug-likeness (QED) is 0.498. The molecular weight excluding hydrogens is 386 g/mol. The molecule has 8 heteroatoms. The third kappa shape index (κ3) is 3.71. The van der Waals surface area contributed by atoms with Gasteiger partial charge in [0.25, 0.3) is 0 Å². The van der Waals surface area contributed by atoms with E-state index >= 15 is 0 Å². The Balaban J connectivity index is 1.41. The maximum Gasteiger partial charge on any atom is 0.316 e. The molecular formula is C22H21N3O5. The fourth-order valence-electron chi connectivity index (χ4n) is 3.23. The highest BCUT2D eigenvalue weighted by Gasteiger charge is 2.21. The molecule has 0 saturated carbocycles. The topological polar surface area (TPSA) is 99.6 Å². The Morgan fingerprint density at radius 1 is 1.10 bits per heavy atom. The minimum Gasteiger partial charge on any atom is -0.493 e. The first kappa shape index (κ1) is 19.5. The highest BCUT2D eigenvalue weighted by Crippen LogP contribution is 2.31. The van der Waals surface area contributed by atoms with Crippen LogP contribution in [0.3, 0.4) is 0 Å². The van der Waals surface area contributed by atoms with E-state index in [1.165, 1.54) is 0 Å². The van der Waals surface area contributed by atoms with E-state index in [4.69, 9.17) is 18.4 Å². The number of carbonyl (C=O) groups excluding carboxylic acids is 1. The Kier molecular flexibility index (Phi) is 5.38. The van der Waals surface area contributed by atoms with Gasteiger partial charge in [-0.1, -0.05) is 29.4 Å². The Morgan fingerprint density at radius 2 is 1.90 bits per heavy atom. The van der Waals surface area contributed by atoms with Gasteiger partial charge in [0.05, 0.1) is 14.2 Å². The molecule has 0 spiro atoms. The average molecular weight is 407 g/mol. The number of benzene rings is 2. The van der Waals surface area contributed by atoms with Gasteiger partial charge in [-0.3, -0.25) is 4.79 Å². The van der Waals surface area contributed by atoms with E-state index in [0.29, 0.717) is 30.2 Å². The van der Waals surface area contributed by atoms with Crippen molar-refractivity contribution in [3.63, 3.8) is 0 Å². The van der Waals surface area contributed by atoms with Crippen LogP contribution in [0, 0.1) is 6.92 Å². The van der Waals surface area contributed by atoms with E-state index in [1.54, 1.807) is 14.2 Å². The van der Waals surface area contributed by atoms with E-state index in [0.717, 1.165) is 22.1 Å². The number of methoxy groups -OCH3 is 2. The van der Waals surface area contributed by atoms with E-state index in [9.17, 15) is 4.79 Å². The molecule has 0 saturated heterocycles. The van der Waals surface area contributed by atoms with Gasteiger partial charge in [-0.25, -0.2) is 0 Å². The second-order valence-electron chi connectivity index (χ2n) is 6.67. The zero-order valence-corrected chi connectivity index (χ0v) is 16.9. The largest absolute Gasteiger partial charge is 0.493 e. The average Bonchev–Trinajstić information content (AvgIpc) is 3.39. The van der Waals surface area contributed by atoms with E-state index in [1.807, 2.05) is 49.4 Å². The van der Waals surface area contributed by atoms with Gasteiger partial charge in [0, 0.05) is 17.5 Å². The number of ether oxygens (including phenoxy) is 2. The predicted octanol–water partition coefficient (Wildman–Crippen LogP) is 3.78. The van der Waals surface area contributed by atoms with Crippen molar-refractivity contribution >= 4 is 16.9 Å². The number of aryl methyl sites for hydroxylation is 1. The van der Waals surface area contributed by atoms with Crippen LogP contribution >= 0.6 is 0 Å². The molecule has 0 bridgehead atoms. The number of fused-ring (bicyclic) bond motifs is 1. The van der Waals surface area contributed by atoms with Crippen molar-refractivity contribution in [2.24, 2.45) is 0 Å². The van der Waals surface area contributed by atoms with Crippen molar-refractivity contribution in [3.8, 4) is 23.1 Å². The van der Waals surface area contributed by atoms with Gasteiger partial charge in [-0.2, -0.15) is 4.98 Å². The number of amides is 1. The molecule has 1 amide bonds. The van der Waals surface area contributed by atoms with Crippen molar-refractivity contribution in [1.82, 2.24) is 15.5 Å². The molecule has 4 aromatic rings. The minimum absolute atomic E-state index is 0.114. The number of nitrogens with zero attached hydrogens (tertiary/aromatic N) is 2. The molecule has 0 unspecified atom stereocenters. The van der Waals surface area contributed by atoms with Gasteiger partial charge in [0.2, 0.25) is 5.82 Å². The number of carbonyl (C=O) groups is 1. The lowest BCUT2D eigenvalue weighted by atomic mass is 10.1. The summed E-state index contributed by atoms with van der Waals surface area (Å²) in [5.74, 6) is 1.48. The predicted molar refractivity (Wildman–Crippen MR) is 110 cm³/mol. The first-order chi connectivity index (χ1) is 14.6. The van der Waals surface area contributed by atoms with Crippen LogP contribution in [-0.2, 0) is 6.42 Å². The summed E-state index contributed by atoms with van der Waals surface area (Å²) in [5.41, 5.74) is 2.62. The number of aromatic nitrogens is 2. The van der Waals surface area contributed by atoms with Crippen LogP contribution in [0.1, 0.15) is 21.8 Å². The second kappa shape index (κ2) is 8.28. The second-order valence-corrected chi connectivity index (χ2v) is 6.67. The molecule has 154 valence electrons. The van der Waals surface area contributed by atoms with E-state index < -0.39 is 5.91 Å². The summed E-state index contributed by atoms with van der Waals surface area (Å²) in [6.45, 7) is 2.32. The molecule has 0 fully saturated rings. The van der Waals surface area contributed by atoms with Crippen LogP contribution in [0.15, 0.2) is 51.4 Å². The monoisotopic (exact) mass is 407 g/mol. The van der Waals surface area contributed by atoms with Gasteiger partial charge >= 0.3 is 11.8 Å². The van der Waals surface area contributed by atoms with E-state index in [2.05, 4.69) is 15.5 Å². The lowest BCUT2D eigenvalue weighted by Crippen LogP contribution is -2.26. The van der Waals surface area contributed by atoms with Gasteiger partial charge in [0.15, 0.2) is 17.3 Å². The summed E-state index contributed by atoms with van der Waals surface area (Å²) in [5, 5.41) is 7.65. The first-order valence-electron chi connectivity index (χ1n) is 9.42. The summed E-state index contributed by atoms with van der Waals surface area (Å²) < 4.78 is 21.5. The third-order valence-corrected chi connectivity index (χ3v) is 4.81. The summed E-state index contributed by atoms with van der Waals surface area (Å²) >= 11 is 0. The van der Waals surface area contributed by atoms with Gasteiger partial charge in [0.1, 0.15) is 5.58 Å². The van der Waals surface area contributed by atoms with Crippen molar-refractivity contribution < 1.29 is 23.2 Å². The molecule has 0 aliphatic carbocycles. The molecule has 2 heterocycles. The lowest BCUT2D eigenvalue weighted by Gasteiger charge is -2.09. The maximum atomic E-state index is 12.4. The van der Waals surface area contributed by atoms with Crippen LogP contribution in [0.5, 0.6) is 11.5 Å². The summed E-state index contributed by atoms with van der Waals surface area (Å²) in [7, 11) is 3.17. The zero-order chi connectivity index (χ0) is 21.1. The smallest absolute Gasteiger partial charge is 0.316 e. The van der Waals surface area contributed by atoms with Crippen molar-refractivity contribution in [2.75, 3.05) is 20.8 Å². The summed E-state index contributed by atoms with van der Waals surface area (Å²) in [4.78, 5) is 16.6. The zero-order valence-electron chi connectivity index (χ0n) is 16.9. The summed E-state index contributed by atoms with van der Waals surface area (Å²) in [6.07, 6.45) is 0.607. The lowest BCUT2D eigenvalue weighted by molar-refractivity contribution is 0.0910. The van der Waals surface area contributed by atoms with Crippen molar-refractivity contribution in [2.45, 2.75) is 13.3 Å². The molecule has 0 atom stereocenters. The molecule has 0 aliphatic heterocycles. The Morgan fingerprint density at radius 3 is 2.67 bits per heavy atom. The van der Waals surface area contributed by atoms with Gasteiger partial charge in [-0.05, 0) is 37.1 Å². The van der Waals surface area contributed by atoms with Crippen molar-refractivity contribution in [1.29, 1.82) is 0 Å². The maximum absolute atomic E-state index is 12.4. The summed E-state index contributed by atoms with van der Waals surface area (Å²) in [6, 6.07) is 13.3. The van der Waals surface area contributed by atoms with Crippen LogP contribution in [0.4, 0.5) is 0 Å². The van der Waals surface area contributed by atoms with Crippen LogP contribution in [0.25, 0.3) is 22.6 Å². The fourth-order valence-corrected chi connectivity index (χ4v) is 3.23. The molecule has 0 radical (unpaired) electrons. The highest BCUT2D eigenvalue weighted by atomic mass is 16.5. The SMILES string of the molecule is COc1ccc(CCNC(=O)c2nc(-c3oc4ccccc4c3C)no2)cc1OC. The number of furan rings is 1. The van der Waals surface area contributed by atoms with Crippen LogP contribution in [0.2, 0.25) is 0 Å². The molecule has 1 N–H and O–H groups in total.